The van der Waals surface area contributed by atoms with Gasteiger partial charge in [0.1, 0.15) is 10.7 Å². The van der Waals surface area contributed by atoms with Gasteiger partial charge in [0.15, 0.2) is 0 Å². The fraction of sp³-hybridized carbons (Fsp3) is 0.316. The number of hydrogen-bond donors (Lipinski definition) is 0. The highest BCUT2D eigenvalue weighted by molar-refractivity contribution is 7.89. The molecular weight excluding hydrogens is 355 g/mol. The zero-order chi connectivity index (χ0) is 18.9. The Labute approximate surface area is 153 Å². The third-order valence-electron chi connectivity index (χ3n) is 4.82. The van der Waals surface area contributed by atoms with E-state index in [1.54, 1.807) is 11.0 Å². The van der Waals surface area contributed by atoms with Gasteiger partial charge < -0.3 is 4.90 Å². The van der Waals surface area contributed by atoms with Crippen molar-refractivity contribution in [1.82, 2.24) is 9.21 Å². The van der Waals surface area contributed by atoms with Crippen molar-refractivity contribution in [2.24, 2.45) is 0 Å². The molecule has 0 atom stereocenters. The molecule has 5 nitrogen and oxygen atoms in total. The Morgan fingerprint density at radius 2 is 1.62 bits per heavy atom. The molecule has 1 amide bonds. The van der Waals surface area contributed by atoms with E-state index in [1.807, 2.05) is 26.0 Å². The van der Waals surface area contributed by atoms with Gasteiger partial charge in [0.25, 0.3) is 5.91 Å². The number of hydrogen-bond acceptors (Lipinski definition) is 3. The molecule has 0 aliphatic carbocycles. The van der Waals surface area contributed by atoms with E-state index in [0.717, 1.165) is 17.2 Å². The molecule has 0 unspecified atom stereocenters. The monoisotopic (exact) mass is 376 g/mol. The molecule has 0 bridgehead atoms. The Kier molecular flexibility index (Phi) is 5.11. The number of carbonyl (C=O) groups excluding carboxylic acids is 1. The van der Waals surface area contributed by atoms with E-state index in [1.165, 1.54) is 22.5 Å². The Morgan fingerprint density at radius 3 is 2.27 bits per heavy atom. The van der Waals surface area contributed by atoms with Crippen LogP contribution in [0.5, 0.6) is 0 Å². The first kappa shape index (κ1) is 18.5. The van der Waals surface area contributed by atoms with Crippen molar-refractivity contribution in [2.45, 2.75) is 18.7 Å². The van der Waals surface area contributed by atoms with Gasteiger partial charge >= 0.3 is 0 Å². The summed E-state index contributed by atoms with van der Waals surface area (Å²) in [6.45, 7) is 4.70. The number of carbonyl (C=O) groups is 1. The summed E-state index contributed by atoms with van der Waals surface area (Å²) in [5, 5.41) is 0. The molecule has 1 aliphatic heterocycles. The smallest absolute Gasteiger partial charge is 0.254 e. The van der Waals surface area contributed by atoms with Gasteiger partial charge in [0.2, 0.25) is 10.0 Å². The Hall–Kier alpha value is -2.25. The van der Waals surface area contributed by atoms with Gasteiger partial charge in [-0.3, -0.25) is 4.79 Å². The lowest BCUT2D eigenvalue weighted by atomic mass is 10.0. The van der Waals surface area contributed by atoms with E-state index < -0.39 is 15.8 Å². The molecule has 0 saturated carbocycles. The minimum Gasteiger partial charge on any atom is -0.336 e. The second kappa shape index (κ2) is 7.17. The fourth-order valence-electron chi connectivity index (χ4n) is 3.08. The quantitative estimate of drug-likeness (QED) is 0.827. The van der Waals surface area contributed by atoms with Gasteiger partial charge in [0, 0.05) is 31.7 Å². The summed E-state index contributed by atoms with van der Waals surface area (Å²) in [6.07, 6.45) is 0. The number of rotatable bonds is 3. The summed E-state index contributed by atoms with van der Waals surface area (Å²) in [5.41, 5.74) is 2.60. The maximum absolute atomic E-state index is 13.9. The molecule has 7 heteroatoms. The summed E-state index contributed by atoms with van der Waals surface area (Å²) in [6, 6.07) is 10.9. The van der Waals surface area contributed by atoms with Crippen LogP contribution in [0, 0.1) is 19.7 Å². The van der Waals surface area contributed by atoms with E-state index in [2.05, 4.69) is 0 Å². The molecule has 0 N–H and O–H groups in total. The number of benzene rings is 2. The van der Waals surface area contributed by atoms with Crippen LogP contribution in [0.25, 0.3) is 0 Å². The van der Waals surface area contributed by atoms with Gasteiger partial charge in [-0.05, 0) is 43.2 Å². The molecule has 26 heavy (non-hydrogen) atoms. The van der Waals surface area contributed by atoms with Gasteiger partial charge in [-0.1, -0.05) is 24.3 Å². The van der Waals surface area contributed by atoms with Gasteiger partial charge in [0.05, 0.1) is 0 Å². The largest absolute Gasteiger partial charge is 0.336 e. The number of amides is 1. The van der Waals surface area contributed by atoms with Crippen LogP contribution in [0.4, 0.5) is 4.39 Å². The third kappa shape index (κ3) is 3.37. The first-order chi connectivity index (χ1) is 12.3. The predicted molar refractivity (Wildman–Crippen MR) is 97.0 cm³/mol. The number of nitrogens with zero attached hydrogens (tertiary/aromatic N) is 2. The molecule has 1 fully saturated rings. The molecule has 138 valence electrons. The summed E-state index contributed by atoms with van der Waals surface area (Å²) in [5.74, 6) is -0.865. The highest BCUT2D eigenvalue weighted by Gasteiger charge is 2.32. The summed E-state index contributed by atoms with van der Waals surface area (Å²) in [7, 11) is -3.90. The first-order valence-corrected chi connectivity index (χ1v) is 9.86. The van der Waals surface area contributed by atoms with Crippen LogP contribution in [0.3, 0.4) is 0 Å². The third-order valence-corrected chi connectivity index (χ3v) is 6.75. The predicted octanol–water partition coefficient (Wildman–Crippen LogP) is 2.59. The van der Waals surface area contributed by atoms with Gasteiger partial charge in [-0.2, -0.15) is 4.31 Å². The summed E-state index contributed by atoms with van der Waals surface area (Å²) < 4.78 is 40.4. The van der Waals surface area contributed by atoms with E-state index in [0.29, 0.717) is 5.56 Å². The second-order valence-electron chi connectivity index (χ2n) is 6.37. The van der Waals surface area contributed by atoms with E-state index in [-0.39, 0.29) is 37.0 Å². The lowest BCUT2D eigenvalue weighted by Crippen LogP contribution is -2.50. The van der Waals surface area contributed by atoms with E-state index in [4.69, 9.17) is 0 Å². The lowest BCUT2D eigenvalue weighted by molar-refractivity contribution is 0.0697. The first-order valence-electron chi connectivity index (χ1n) is 8.42. The molecular formula is C19H21FN2O3S. The Bertz CT molecular complexity index is 936. The Morgan fingerprint density at radius 1 is 0.962 bits per heavy atom. The number of aryl methyl sites for hydroxylation is 1. The second-order valence-corrected chi connectivity index (χ2v) is 8.28. The maximum atomic E-state index is 13.9. The van der Waals surface area contributed by atoms with Crippen LogP contribution in [-0.2, 0) is 10.0 Å². The van der Waals surface area contributed by atoms with Crippen molar-refractivity contribution in [3.8, 4) is 0 Å². The van der Waals surface area contributed by atoms with Crippen molar-refractivity contribution in [3.05, 3.63) is 65.0 Å². The minimum atomic E-state index is -3.90. The molecule has 0 spiro atoms. The summed E-state index contributed by atoms with van der Waals surface area (Å²) in [4.78, 5) is 14.1. The number of piperazine rings is 1. The normalized spacial score (nSPS) is 15.9. The average Bonchev–Trinajstić information content (AvgIpc) is 2.64. The Balaban J connectivity index is 1.74. The van der Waals surface area contributed by atoms with Gasteiger partial charge in [-0.15, -0.1) is 0 Å². The van der Waals surface area contributed by atoms with Crippen molar-refractivity contribution in [2.75, 3.05) is 26.2 Å². The number of halogens is 1. The molecule has 0 aromatic heterocycles. The molecule has 2 aromatic rings. The lowest BCUT2D eigenvalue weighted by Gasteiger charge is -2.34. The zero-order valence-corrected chi connectivity index (χ0v) is 15.6. The molecule has 1 saturated heterocycles. The number of sulfonamides is 1. The highest BCUT2D eigenvalue weighted by Crippen LogP contribution is 2.22. The standard InChI is InChI=1S/C19H21FN2O3S/c1-14-6-5-7-16(15(14)2)19(23)21-10-12-22(13-11-21)26(24,25)18-9-4-3-8-17(18)20/h3-9H,10-13H2,1-2H3. The maximum Gasteiger partial charge on any atom is 0.254 e. The average molecular weight is 376 g/mol. The van der Waals surface area contributed by atoms with Crippen LogP contribution in [0.2, 0.25) is 0 Å². The molecule has 3 rings (SSSR count). The van der Waals surface area contributed by atoms with Crippen LogP contribution in [0.15, 0.2) is 47.4 Å². The molecule has 1 aliphatic rings. The van der Waals surface area contributed by atoms with Crippen molar-refractivity contribution < 1.29 is 17.6 Å². The van der Waals surface area contributed by atoms with Crippen LogP contribution in [-0.4, -0.2) is 49.7 Å². The van der Waals surface area contributed by atoms with E-state index >= 15 is 0 Å². The van der Waals surface area contributed by atoms with Crippen LogP contribution >= 0.6 is 0 Å². The van der Waals surface area contributed by atoms with Crippen LogP contribution < -0.4 is 0 Å². The zero-order valence-electron chi connectivity index (χ0n) is 14.8. The fourth-order valence-corrected chi connectivity index (χ4v) is 4.56. The SMILES string of the molecule is Cc1cccc(C(=O)N2CCN(S(=O)(=O)c3ccccc3F)CC2)c1C. The molecule has 1 heterocycles. The highest BCUT2D eigenvalue weighted by atomic mass is 32.2. The van der Waals surface area contributed by atoms with Crippen molar-refractivity contribution in [3.63, 3.8) is 0 Å². The topological polar surface area (TPSA) is 57.7 Å². The minimum absolute atomic E-state index is 0.103. The van der Waals surface area contributed by atoms with Crippen LogP contribution in [0.1, 0.15) is 21.5 Å². The van der Waals surface area contributed by atoms with Gasteiger partial charge in [-0.25, -0.2) is 12.8 Å². The molecule has 2 aromatic carbocycles. The summed E-state index contributed by atoms with van der Waals surface area (Å²) >= 11 is 0. The van der Waals surface area contributed by atoms with E-state index in [9.17, 15) is 17.6 Å². The van der Waals surface area contributed by atoms with Crippen molar-refractivity contribution >= 4 is 15.9 Å². The van der Waals surface area contributed by atoms with Crippen molar-refractivity contribution in [1.29, 1.82) is 0 Å². The molecule has 0 radical (unpaired) electrons.